The number of aromatic amines is 1. The van der Waals surface area contributed by atoms with E-state index in [1.165, 1.54) is 4.57 Å². The smallest absolute Gasteiger partial charge is 0.330 e. The summed E-state index contributed by atoms with van der Waals surface area (Å²) in [5, 5.41) is 8.69. The van der Waals surface area contributed by atoms with Crippen LogP contribution in [0, 0.1) is 0 Å². The van der Waals surface area contributed by atoms with Gasteiger partial charge in [-0.1, -0.05) is 17.8 Å². The van der Waals surface area contributed by atoms with E-state index < -0.39 is 26.9 Å². The van der Waals surface area contributed by atoms with Crippen molar-refractivity contribution in [3.05, 3.63) is 44.9 Å². The van der Waals surface area contributed by atoms with Gasteiger partial charge >= 0.3 is 5.69 Å². The Balaban J connectivity index is 1.57. The van der Waals surface area contributed by atoms with Gasteiger partial charge in [0.2, 0.25) is 0 Å². The maximum Gasteiger partial charge on any atom is 0.330 e. The number of ketones is 1. The van der Waals surface area contributed by atoms with Crippen molar-refractivity contribution >= 4 is 33.2 Å². The van der Waals surface area contributed by atoms with Gasteiger partial charge in [0.05, 0.1) is 17.3 Å². The molecule has 1 saturated heterocycles. The molecule has 1 atom stereocenters. The monoisotopic (exact) mass is 466 g/mol. The van der Waals surface area contributed by atoms with Crippen molar-refractivity contribution < 1.29 is 13.2 Å². The van der Waals surface area contributed by atoms with Crippen molar-refractivity contribution in [1.82, 2.24) is 24.3 Å². The molecule has 3 heterocycles. The number of carbonyl (C=O) groups is 1. The third-order valence-electron chi connectivity index (χ3n) is 5.36. The molecule has 1 aliphatic carbocycles. The molecule has 0 bridgehead atoms. The van der Waals surface area contributed by atoms with E-state index in [2.05, 4.69) is 21.8 Å². The molecular formula is C18H22N6O5S2. The van der Waals surface area contributed by atoms with Gasteiger partial charge in [-0.25, -0.2) is 13.2 Å². The summed E-state index contributed by atoms with van der Waals surface area (Å²) in [7, 11) is -3.09. The maximum absolute atomic E-state index is 12.8. The molecule has 1 saturated carbocycles. The molecule has 0 unspecified atom stereocenters. The number of nitrogens with one attached hydrogen (secondary N) is 1. The van der Waals surface area contributed by atoms with Gasteiger partial charge in [-0.2, -0.15) is 0 Å². The summed E-state index contributed by atoms with van der Waals surface area (Å²) >= 11 is 1.07. The minimum atomic E-state index is -3.09. The van der Waals surface area contributed by atoms with Crippen molar-refractivity contribution in [2.24, 2.45) is 0 Å². The molecule has 13 heteroatoms. The SMILES string of the molecule is C=CCn1c(SCC(=O)c2c(N)n(C3CC3)c(=O)[nH]c2=O)nnc1[C@@H]1CCS(=O)(=O)C1. The fraction of sp³-hybridized carbons (Fsp3) is 0.500. The molecule has 1 aliphatic heterocycles. The molecular weight excluding hydrogens is 444 g/mol. The average molecular weight is 467 g/mol. The first-order valence-electron chi connectivity index (χ1n) is 9.76. The molecule has 4 rings (SSSR count). The van der Waals surface area contributed by atoms with Crippen LogP contribution in [0.15, 0.2) is 27.4 Å². The molecule has 31 heavy (non-hydrogen) atoms. The topological polar surface area (TPSA) is 163 Å². The van der Waals surface area contributed by atoms with Gasteiger partial charge < -0.3 is 10.3 Å². The second-order valence-electron chi connectivity index (χ2n) is 7.67. The van der Waals surface area contributed by atoms with E-state index in [0.717, 1.165) is 24.6 Å². The van der Waals surface area contributed by atoms with Crippen LogP contribution in [0.25, 0.3) is 0 Å². The standard InChI is InChI=1S/C18H22N6O5S2/c1-2-6-23-15(10-5-7-31(28,29)9-10)21-22-18(23)30-8-12(25)13-14(19)24(11-3-4-11)17(27)20-16(13)26/h2,10-11H,1,3-9,19H2,(H,20,26,27)/t10-/m1/s1. The van der Waals surface area contributed by atoms with Crippen LogP contribution in [0.1, 0.15) is 47.4 Å². The second-order valence-corrected chi connectivity index (χ2v) is 10.8. The highest BCUT2D eigenvalue weighted by Crippen LogP contribution is 2.35. The lowest BCUT2D eigenvalue weighted by molar-refractivity contribution is 0.102. The third kappa shape index (κ3) is 4.24. The van der Waals surface area contributed by atoms with Gasteiger partial charge in [0, 0.05) is 18.5 Å². The average Bonchev–Trinajstić information content (AvgIpc) is 3.33. The number of H-pyrrole nitrogens is 1. The summed E-state index contributed by atoms with van der Waals surface area (Å²) in [6, 6.07) is -0.0931. The number of thioether (sulfide) groups is 1. The normalized spacial score (nSPS) is 20.1. The molecule has 0 aromatic carbocycles. The summed E-state index contributed by atoms with van der Waals surface area (Å²) in [5.74, 6) is -0.394. The number of rotatable bonds is 8. The molecule has 2 aromatic heterocycles. The Labute approximate surface area is 181 Å². The number of Topliss-reactive ketones (excluding diaryl/α,β-unsaturated/α-hetero) is 1. The van der Waals surface area contributed by atoms with Crippen LogP contribution in [-0.2, 0) is 16.4 Å². The Morgan fingerprint density at radius 3 is 2.65 bits per heavy atom. The van der Waals surface area contributed by atoms with E-state index in [4.69, 9.17) is 5.73 Å². The van der Waals surface area contributed by atoms with Crippen LogP contribution in [-0.4, -0.2) is 55.8 Å². The van der Waals surface area contributed by atoms with Crippen LogP contribution in [0.4, 0.5) is 5.82 Å². The van der Waals surface area contributed by atoms with Crippen LogP contribution in [0.3, 0.4) is 0 Å². The highest BCUT2D eigenvalue weighted by Gasteiger charge is 2.33. The van der Waals surface area contributed by atoms with E-state index >= 15 is 0 Å². The number of anilines is 1. The van der Waals surface area contributed by atoms with Crippen LogP contribution < -0.4 is 17.0 Å². The first-order chi connectivity index (χ1) is 14.7. The third-order valence-corrected chi connectivity index (χ3v) is 8.09. The molecule has 2 aliphatic rings. The van der Waals surface area contributed by atoms with Gasteiger partial charge in [-0.3, -0.25) is 19.1 Å². The molecule has 0 radical (unpaired) electrons. The van der Waals surface area contributed by atoms with E-state index in [-0.39, 0.29) is 40.6 Å². The fourth-order valence-corrected chi connectivity index (χ4v) is 6.31. The van der Waals surface area contributed by atoms with E-state index in [1.807, 2.05) is 0 Å². The molecule has 3 N–H and O–H groups in total. The molecule has 2 fully saturated rings. The minimum Gasteiger partial charge on any atom is -0.384 e. The van der Waals surface area contributed by atoms with E-state index in [1.54, 1.807) is 10.6 Å². The number of nitrogen functional groups attached to an aromatic ring is 1. The zero-order chi connectivity index (χ0) is 22.3. The summed E-state index contributed by atoms with van der Waals surface area (Å²) in [5.41, 5.74) is 4.33. The van der Waals surface area contributed by atoms with Crippen molar-refractivity contribution in [2.45, 2.75) is 42.9 Å². The highest BCUT2D eigenvalue weighted by molar-refractivity contribution is 7.99. The van der Waals surface area contributed by atoms with Crippen LogP contribution in [0.2, 0.25) is 0 Å². The number of nitrogens with zero attached hydrogens (tertiary/aromatic N) is 4. The van der Waals surface area contributed by atoms with Crippen molar-refractivity contribution in [3.63, 3.8) is 0 Å². The lowest BCUT2D eigenvalue weighted by Crippen LogP contribution is -2.36. The Morgan fingerprint density at radius 1 is 1.29 bits per heavy atom. The first-order valence-corrected chi connectivity index (χ1v) is 12.6. The Kier molecular flexibility index (Phi) is 5.64. The zero-order valence-corrected chi connectivity index (χ0v) is 18.2. The Hall–Kier alpha value is -2.67. The van der Waals surface area contributed by atoms with Crippen molar-refractivity contribution in [3.8, 4) is 0 Å². The van der Waals surface area contributed by atoms with Crippen molar-refractivity contribution in [2.75, 3.05) is 23.0 Å². The van der Waals surface area contributed by atoms with Gasteiger partial charge in [0.1, 0.15) is 17.2 Å². The number of sulfone groups is 1. The summed E-state index contributed by atoms with van der Waals surface area (Å²) in [6.45, 7) is 4.07. The van der Waals surface area contributed by atoms with Gasteiger partial charge in [-0.05, 0) is 19.3 Å². The van der Waals surface area contributed by atoms with E-state index in [0.29, 0.717) is 23.9 Å². The van der Waals surface area contributed by atoms with Gasteiger partial charge in [-0.15, -0.1) is 16.8 Å². The lowest BCUT2D eigenvalue weighted by Gasteiger charge is -2.12. The molecule has 166 valence electrons. The van der Waals surface area contributed by atoms with E-state index in [9.17, 15) is 22.8 Å². The van der Waals surface area contributed by atoms with Gasteiger partial charge in [0.15, 0.2) is 20.8 Å². The first kappa shape index (κ1) is 21.6. The van der Waals surface area contributed by atoms with Crippen molar-refractivity contribution in [1.29, 1.82) is 0 Å². The number of aromatic nitrogens is 5. The highest BCUT2D eigenvalue weighted by atomic mass is 32.2. The summed E-state index contributed by atoms with van der Waals surface area (Å²) < 4.78 is 26.7. The zero-order valence-electron chi connectivity index (χ0n) is 16.6. The lowest BCUT2D eigenvalue weighted by atomic mass is 10.1. The summed E-state index contributed by atoms with van der Waals surface area (Å²) in [4.78, 5) is 39.2. The number of nitrogens with two attached hydrogens (primary N) is 1. The number of hydrogen-bond donors (Lipinski definition) is 2. The largest absolute Gasteiger partial charge is 0.384 e. The number of carbonyl (C=O) groups excluding carboxylic acids is 1. The maximum atomic E-state index is 12.8. The van der Waals surface area contributed by atoms with Gasteiger partial charge in [0.25, 0.3) is 5.56 Å². The fourth-order valence-electron chi connectivity index (χ4n) is 3.74. The number of hydrogen-bond acceptors (Lipinski definition) is 9. The number of allylic oxidation sites excluding steroid dienone is 1. The molecule has 11 nitrogen and oxygen atoms in total. The minimum absolute atomic E-state index is 0.0144. The predicted octanol–water partition coefficient (Wildman–Crippen LogP) is 0.108. The molecule has 0 spiro atoms. The Morgan fingerprint density at radius 2 is 2.03 bits per heavy atom. The molecule has 0 amide bonds. The molecule has 2 aromatic rings. The predicted molar refractivity (Wildman–Crippen MR) is 115 cm³/mol. The quantitative estimate of drug-likeness (QED) is 0.312. The van der Waals surface area contributed by atoms with Crippen LogP contribution in [0.5, 0.6) is 0 Å². The summed E-state index contributed by atoms with van der Waals surface area (Å²) in [6.07, 6.45) is 3.64. The Bertz CT molecular complexity index is 1270. The second kappa shape index (κ2) is 8.11. The van der Waals surface area contributed by atoms with Crippen LogP contribution >= 0.6 is 11.8 Å².